The summed E-state index contributed by atoms with van der Waals surface area (Å²) in [5.41, 5.74) is 3.25. The fourth-order valence-electron chi connectivity index (χ4n) is 2.10. The van der Waals surface area contributed by atoms with E-state index in [0.29, 0.717) is 5.75 Å². The van der Waals surface area contributed by atoms with Crippen molar-refractivity contribution in [2.75, 3.05) is 0 Å². The largest absolute Gasteiger partial charge is 0.423 e. The number of aryl methyl sites for hydroxylation is 1. The number of ether oxygens (including phenoxy) is 1. The Morgan fingerprint density at radius 3 is 2.32 bits per heavy atom. The van der Waals surface area contributed by atoms with Gasteiger partial charge in [-0.25, -0.2) is 4.79 Å². The summed E-state index contributed by atoms with van der Waals surface area (Å²) in [5, 5.41) is 0. The normalized spacial score (nSPS) is 11.6. The molecule has 0 heterocycles. The predicted molar refractivity (Wildman–Crippen MR) is 91.0 cm³/mol. The van der Waals surface area contributed by atoms with E-state index in [1.54, 1.807) is 6.08 Å². The molecule has 0 radical (unpaired) electrons. The van der Waals surface area contributed by atoms with E-state index in [2.05, 4.69) is 26.8 Å². The molecule has 114 valence electrons. The molecule has 2 heteroatoms. The number of carbonyl (C=O) groups excluding carboxylic acids is 1. The summed E-state index contributed by atoms with van der Waals surface area (Å²) >= 11 is 0. The van der Waals surface area contributed by atoms with Crippen molar-refractivity contribution in [1.82, 2.24) is 0 Å². The number of rotatable bonds is 3. The van der Waals surface area contributed by atoms with E-state index < -0.39 is 0 Å². The molecule has 2 aromatic carbocycles. The molecule has 0 aliphatic rings. The maximum absolute atomic E-state index is 11.9. The molecule has 2 nitrogen and oxygen atoms in total. The van der Waals surface area contributed by atoms with Crippen molar-refractivity contribution in [2.24, 2.45) is 0 Å². The Bertz CT molecular complexity index is 677. The quantitative estimate of drug-likeness (QED) is 0.456. The summed E-state index contributed by atoms with van der Waals surface area (Å²) < 4.78 is 5.41. The van der Waals surface area contributed by atoms with Crippen molar-refractivity contribution in [1.29, 1.82) is 0 Å². The first-order chi connectivity index (χ1) is 10.4. The van der Waals surface area contributed by atoms with E-state index in [1.807, 2.05) is 49.4 Å². The van der Waals surface area contributed by atoms with Gasteiger partial charge in [-0.3, -0.25) is 0 Å². The van der Waals surface area contributed by atoms with Gasteiger partial charge in [0.25, 0.3) is 0 Å². The Morgan fingerprint density at radius 2 is 1.73 bits per heavy atom. The molecule has 0 amide bonds. The van der Waals surface area contributed by atoms with E-state index in [9.17, 15) is 4.79 Å². The fourth-order valence-corrected chi connectivity index (χ4v) is 2.10. The van der Waals surface area contributed by atoms with E-state index >= 15 is 0 Å². The SMILES string of the molecule is Cc1cc(C(C)(C)C)ccc1OC(=O)/C=C/c1ccccc1. The van der Waals surface area contributed by atoms with Crippen molar-refractivity contribution in [3.05, 3.63) is 71.3 Å². The third-order valence-electron chi connectivity index (χ3n) is 3.46. The van der Waals surface area contributed by atoms with Crippen molar-refractivity contribution in [2.45, 2.75) is 33.1 Å². The number of carbonyl (C=O) groups is 1. The first-order valence-electron chi connectivity index (χ1n) is 7.42. The average molecular weight is 294 g/mol. The Hall–Kier alpha value is -2.35. The predicted octanol–water partition coefficient (Wildman–Crippen LogP) is 4.91. The van der Waals surface area contributed by atoms with Gasteiger partial charge in [-0.05, 0) is 41.2 Å². The minimum Gasteiger partial charge on any atom is -0.423 e. The number of hydrogen-bond acceptors (Lipinski definition) is 2. The standard InChI is InChI=1S/C20H22O2/c1-15-14-17(20(2,3)4)11-12-18(15)22-19(21)13-10-16-8-6-5-7-9-16/h5-14H,1-4H3/b13-10+. The molecule has 0 spiro atoms. The molecule has 0 bridgehead atoms. The molecule has 0 atom stereocenters. The van der Waals surface area contributed by atoms with Gasteiger partial charge in [0.2, 0.25) is 0 Å². The van der Waals surface area contributed by atoms with Crippen LogP contribution in [0.2, 0.25) is 0 Å². The number of esters is 1. The first kappa shape index (κ1) is 16.0. The topological polar surface area (TPSA) is 26.3 Å². The molecule has 0 fully saturated rings. The first-order valence-corrected chi connectivity index (χ1v) is 7.42. The van der Waals surface area contributed by atoms with Crippen LogP contribution in [0.3, 0.4) is 0 Å². The van der Waals surface area contributed by atoms with Gasteiger partial charge in [-0.15, -0.1) is 0 Å². The zero-order valence-electron chi connectivity index (χ0n) is 13.6. The highest BCUT2D eigenvalue weighted by molar-refractivity contribution is 5.88. The monoisotopic (exact) mass is 294 g/mol. The highest BCUT2D eigenvalue weighted by Crippen LogP contribution is 2.27. The molecule has 2 rings (SSSR count). The minimum atomic E-state index is -0.365. The van der Waals surface area contributed by atoms with Crippen LogP contribution in [-0.4, -0.2) is 5.97 Å². The molecule has 0 aliphatic heterocycles. The van der Waals surface area contributed by atoms with Crippen LogP contribution >= 0.6 is 0 Å². The fraction of sp³-hybridized carbons (Fsp3) is 0.250. The third kappa shape index (κ3) is 4.32. The zero-order valence-corrected chi connectivity index (χ0v) is 13.6. The van der Waals surface area contributed by atoms with Crippen molar-refractivity contribution >= 4 is 12.0 Å². The molecule has 0 saturated heterocycles. The lowest BCUT2D eigenvalue weighted by Gasteiger charge is -2.20. The van der Waals surface area contributed by atoms with Crippen LogP contribution in [-0.2, 0) is 10.2 Å². The Morgan fingerprint density at radius 1 is 1.05 bits per heavy atom. The van der Waals surface area contributed by atoms with Crippen LogP contribution in [0, 0.1) is 6.92 Å². The second-order valence-electron chi connectivity index (χ2n) is 6.40. The van der Waals surface area contributed by atoms with E-state index in [1.165, 1.54) is 11.6 Å². The molecule has 0 aromatic heterocycles. The lowest BCUT2D eigenvalue weighted by Crippen LogP contribution is -2.12. The molecule has 0 aliphatic carbocycles. The van der Waals surface area contributed by atoms with Gasteiger partial charge in [-0.1, -0.05) is 63.2 Å². The Labute approximate surface area is 132 Å². The summed E-state index contributed by atoms with van der Waals surface area (Å²) in [7, 11) is 0. The highest BCUT2D eigenvalue weighted by Gasteiger charge is 2.15. The van der Waals surface area contributed by atoms with Crippen LogP contribution in [0.5, 0.6) is 5.75 Å². The number of benzene rings is 2. The van der Waals surface area contributed by atoms with E-state index in [4.69, 9.17) is 4.74 Å². The van der Waals surface area contributed by atoms with E-state index in [-0.39, 0.29) is 11.4 Å². The minimum absolute atomic E-state index is 0.0838. The Kier molecular flexibility index (Phi) is 4.81. The lowest BCUT2D eigenvalue weighted by atomic mass is 9.86. The summed E-state index contributed by atoms with van der Waals surface area (Å²) in [6.07, 6.45) is 3.20. The zero-order chi connectivity index (χ0) is 16.2. The summed E-state index contributed by atoms with van der Waals surface area (Å²) in [5.74, 6) is 0.242. The van der Waals surface area contributed by atoms with Crippen molar-refractivity contribution < 1.29 is 9.53 Å². The summed E-state index contributed by atoms with van der Waals surface area (Å²) in [6, 6.07) is 15.6. The maximum Gasteiger partial charge on any atom is 0.336 e. The van der Waals surface area contributed by atoms with Crippen LogP contribution < -0.4 is 4.74 Å². The smallest absolute Gasteiger partial charge is 0.336 e. The van der Waals surface area contributed by atoms with Gasteiger partial charge in [0.1, 0.15) is 5.75 Å². The second kappa shape index (κ2) is 6.61. The van der Waals surface area contributed by atoms with Gasteiger partial charge in [0.15, 0.2) is 0 Å². The second-order valence-corrected chi connectivity index (χ2v) is 6.40. The molecule has 0 N–H and O–H groups in total. The highest BCUT2D eigenvalue weighted by atomic mass is 16.5. The average Bonchev–Trinajstić information content (AvgIpc) is 2.47. The molecular weight excluding hydrogens is 272 g/mol. The molecule has 22 heavy (non-hydrogen) atoms. The van der Waals surface area contributed by atoms with Crippen LogP contribution in [0.4, 0.5) is 0 Å². The van der Waals surface area contributed by atoms with Gasteiger partial charge in [0, 0.05) is 6.08 Å². The van der Waals surface area contributed by atoms with Crippen LogP contribution in [0.1, 0.15) is 37.5 Å². The summed E-state index contributed by atoms with van der Waals surface area (Å²) in [4.78, 5) is 11.9. The van der Waals surface area contributed by atoms with Gasteiger partial charge < -0.3 is 4.74 Å². The molecule has 0 saturated carbocycles. The van der Waals surface area contributed by atoms with Gasteiger partial charge >= 0.3 is 5.97 Å². The van der Waals surface area contributed by atoms with E-state index in [0.717, 1.165) is 11.1 Å². The van der Waals surface area contributed by atoms with Gasteiger partial charge in [0.05, 0.1) is 0 Å². The Balaban J connectivity index is 2.08. The van der Waals surface area contributed by atoms with Crippen LogP contribution in [0.25, 0.3) is 6.08 Å². The van der Waals surface area contributed by atoms with Crippen molar-refractivity contribution in [3.63, 3.8) is 0 Å². The van der Waals surface area contributed by atoms with Crippen molar-refractivity contribution in [3.8, 4) is 5.75 Å². The lowest BCUT2D eigenvalue weighted by molar-refractivity contribution is -0.128. The maximum atomic E-state index is 11.9. The van der Waals surface area contributed by atoms with Gasteiger partial charge in [-0.2, -0.15) is 0 Å². The molecular formula is C20H22O2. The molecule has 0 unspecified atom stereocenters. The molecule has 2 aromatic rings. The third-order valence-corrected chi connectivity index (χ3v) is 3.46. The summed E-state index contributed by atoms with van der Waals surface area (Å²) in [6.45, 7) is 8.45. The number of hydrogen-bond donors (Lipinski definition) is 0. The van der Waals surface area contributed by atoms with Crippen LogP contribution in [0.15, 0.2) is 54.6 Å².